The van der Waals surface area contributed by atoms with E-state index in [4.69, 9.17) is 4.74 Å². The molecule has 3 heteroatoms. The van der Waals surface area contributed by atoms with E-state index >= 15 is 0 Å². The molecule has 0 aliphatic heterocycles. The van der Waals surface area contributed by atoms with Crippen molar-refractivity contribution in [2.75, 3.05) is 26.3 Å². The molecule has 13 heavy (non-hydrogen) atoms. The van der Waals surface area contributed by atoms with E-state index in [2.05, 4.69) is 12.2 Å². The van der Waals surface area contributed by atoms with E-state index in [0.717, 1.165) is 45.4 Å². The third kappa shape index (κ3) is 11.6. The van der Waals surface area contributed by atoms with Crippen molar-refractivity contribution in [1.82, 2.24) is 5.32 Å². The first kappa shape index (κ1) is 12.6. The molecule has 0 atom stereocenters. The van der Waals surface area contributed by atoms with Crippen LogP contribution in [0.1, 0.15) is 32.6 Å². The van der Waals surface area contributed by atoms with Gasteiger partial charge in [-0.3, -0.25) is 0 Å². The molecule has 0 aromatic rings. The van der Waals surface area contributed by atoms with Gasteiger partial charge in [0.15, 0.2) is 0 Å². The Labute approximate surface area is 80.8 Å². The maximum absolute atomic E-state index is 9.95. The smallest absolute Gasteiger partial charge is 0.121 e. The van der Waals surface area contributed by atoms with Gasteiger partial charge in [-0.25, -0.2) is 0 Å². The topological polar surface area (TPSA) is 38.3 Å². The van der Waals surface area contributed by atoms with Crippen LogP contribution in [0.3, 0.4) is 0 Å². The van der Waals surface area contributed by atoms with Crippen LogP contribution in [0.25, 0.3) is 0 Å². The molecule has 0 heterocycles. The fraction of sp³-hybridized carbons (Fsp3) is 0.900. The maximum atomic E-state index is 9.95. The lowest BCUT2D eigenvalue weighted by molar-refractivity contribution is -0.107. The Kier molecular flexibility index (Phi) is 11.2. The average Bonchev–Trinajstić information content (AvgIpc) is 2.16. The quantitative estimate of drug-likeness (QED) is 0.414. The van der Waals surface area contributed by atoms with Crippen LogP contribution >= 0.6 is 0 Å². The predicted octanol–water partition coefficient (Wildman–Crippen LogP) is 1.37. The van der Waals surface area contributed by atoms with E-state index in [1.54, 1.807) is 0 Å². The van der Waals surface area contributed by atoms with Crippen molar-refractivity contribution in [3.63, 3.8) is 0 Å². The number of carbonyl (C=O) groups excluding carboxylic acids is 1. The van der Waals surface area contributed by atoms with Crippen LogP contribution in [-0.4, -0.2) is 32.6 Å². The highest BCUT2D eigenvalue weighted by Gasteiger charge is 1.89. The second kappa shape index (κ2) is 11.6. The molecule has 78 valence electrons. The van der Waals surface area contributed by atoms with E-state index in [-0.39, 0.29) is 0 Å². The highest BCUT2D eigenvalue weighted by atomic mass is 16.5. The summed E-state index contributed by atoms with van der Waals surface area (Å²) >= 11 is 0. The van der Waals surface area contributed by atoms with Gasteiger partial charge in [0, 0.05) is 26.2 Å². The summed E-state index contributed by atoms with van der Waals surface area (Å²) in [4.78, 5) is 9.95. The largest absolute Gasteiger partial charge is 0.381 e. The lowest BCUT2D eigenvalue weighted by Gasteiger charge is -2.03. The Bertz CT molecular complexity index is 107. The Balaban J connectivity index is 2.79. The molecule has 3 nitrogen and oxygen atoms in total. The summed E-state index contributed by atoms with van der Waals surface area (Å²) in [6, 6.07) is 0. The van der Waals surface area contributed by atoms with Gasteiger partial charge in [-0.15, -0.1) is 0 Å². The molecule has 0 fully saturated rings. The zero-order valence-corrected chi connectivity index (χ0v) is 8.55. The molecule has 0 bridgehead atoms. The van der Waals surface area contributed by atoms with Crippen LogP contribution in [0.5, 0.6) is 0 Å². The van der Waals surface area contributed by atoms with Crippen molar-refractivity contribution in [1.29, 1.82) is 0 Å². The average molecular weight is 187 g/mol. The molecule has 0 saturated carbocycles. The molecule has 0 saturated heterocycles. The molecule has 0 aliphatic carbocycles. The molecule has 0 rings (SSSR count). The molecule has 0 amide bonds. The number of rotatable bonds is 10. The van der Waals surface area contributed by atoms with Crippen LogP contribution in [0.4, 0.5) is 0 Å². The first-order chi connectivity index (χ1) is 6.41. The Hall–Kier alpha value is -0.410. The number of unbranched alkanes of at least 4 members (excludes halogenated alkanes) is 1. The van der Waals surface area contributed by atoms with E-state index in [1.165, 1.54) is 6.42 Å². The highest BCUT2D eigenvalue weighted by molar-refractivity contribution is 5.49. The molecule has 0 aromatic heterocycles. The molecule has 1 N–H and O–H groups in total. The van der Waals surface area contributed by atoms with Crippen molar-refractivity contribution >= 4 is 6.29 Å². The van der Waals surface area contributed by atoms with Crippen molar-refractivity contribution in [2.24, 2.45) is 0 Å². The first-order valence-corrected chi connectivity index (χ1v) is 5.14. The van der Waals surface area contributed by atoms with Crippen LogP contribution < -0.4 is 5.32 Å². The Morgan fingerprint density at radius 3 is 2.69 bits per heavy atom. The third-order valence-corrected chi connectivity index (χ3v) is 1.72. The molecule has 0 unspecified atom stereocenters. The number of ether oxygens (including phenoxy) is 1. The van der Waals surface area contributed by atoms with Crippen molar-refractivity contribution in [2.45, 2.75) is 32.6 Å². The summed E-state index contributed by atoms with van der Waals surface area (Å²) in [5, 5.41) is 3.17. The van der Waals surface area contributed by atoms with Gasteiger partial charge in [0.25, 0.3) is 0 Å². The second-order valence-corrected chi connectivity index (χ2v) is 3.02. The van der Waals surface area contributed by atoms with Crippen molar-refractivity contribution in [3.8, 4) is 0 Å². The number of hydrogen-bond acceptors (Lipinski definition) is 3. The van der Waals surface area contributed by atoms with Crippen LogP contribution in [0, 0.1) is 0 Å². The minimum atomic E-state index is 0.608. The van der Waals surface area contributed by atoms with E-state index < -0.39 is 0 Å². The van der Waals surface area contributed by atoms with Gasteiger partial charge < -0.3 is 14.8 Å². The van der Waals surface area contributed by atoms with E-state index in [9.17, 15) is 4.79 Å². The molecule has 0 radical (unpaired) electrons. The van der Waals surface area contributed by atoms with Gasteiger partial charge in [-0.05, 0) is 19.4 Å². The standard InChI is InChI=1S/C10H21NO2/c1-2-3-9-13-10-5-7-11-6-4-8-12/h8,11H,2-7,9-10H2,1H3. The summed E-state index contributed by atoms with van der Waals surface area (Å²) in [7, 11) is 0. The van der Waals surface area contributed by atoms with Gasteiger partial charge in [0.2, 0.25) is 0 Å². The van der Waals surface area contributed by atoms with Crippen LogP contribution in [0.15, 0.2) is 0 Å². The van der Waals surface area contributed by atoms with E-state index in [0.29, 0.717) is 6.42 Å². The monoisotopic (exact) mass is 187 g/mol. The predicted molar refractivity (Wildman–Crippen MR) is 53.9 cm³/mol. The fourth-order valence-corrected chi connectivity index (χ4v) is 0.934. The van der Waals surface area contributed by atoms with Crippen molar-refractivity contribution < 1.29 is 9.53 Å². The molecule has 0 aromatic carbocycles. The molecule has 0 aliphatic rings. The molecular weight excluding hydrogens is 166 g/mol. The highest BCUT2D eigenvalue weighted by Crippen LogP contribution is 1.88. The minimum Gasteiger partial charge on any atom is -0.381 e. The van der Waals surface area contributed by atoms with E-state index in [1.807, 2.05) is 0 Å². The summed E-state index contributed by atoms with van der Waals surface area (Å²) in [6.45, 7) is 5.60. The third-order valence-electron chi connectivity index (χ3n) is 1.72. The number of nitrogens with one attached hydrogen (secondary N) is 1. The Morgan fingerprint density at radius 1 is 1.23 bits per heavy atom. The SMILES string of the molecule is CCCCOCCCNCCC=O. The number of aldehydes is 1. The van der Waals surface area contributed by atoms with Crippen molar-refractivity contribution in [3.05, 3.63) is 0 Å². The zero-order valence-electron chi connectivity index (χ0n) is 8.55. The van der Waals surface area contributed by atoms with Gasteiger partial charge in [0.05, 0.1) is 0 Å². The van der Waals surface area contributed by atoms with Gasteiger partial charge in [-0.1, -0.05) is 13.3 Å². The first-order valence-electron chi connectivity index (χ1n) is 5.14. The summed E-state index contributed by atoms with van der Waals surface area (Å²) in [6.07, 6.45) is 4.92. The van der Waals surface area contributed by atoms with Crippen LogP contribution in [-0.2, 0) is 9.53 Å². The molecular formula is C10H21NO2. The van der Waals surface area contributed by atoms with Gasteiger partial charge >= 0.3 is 0 Å². The summed E-state index contributed by atoms with van der Waals surface area (Å²) < 4.78 is 5.37. The maximum Gasteiger partial charge on any atom is 0.121 e. The number of hydrogen-bond donors (Lipinski definition) is 1. The lowest BCUT2D eigenvalue weighted by Crippen LogP contribution is -2.18. The van der Waals surface area contributed by atoms with Crippen LogP contribution in [0.2, 0.25) is 0 Å². The molecule has 0 spiro atoms. The minimum absolute atomic E-state index is 0.608. The summed E-state index contributed by atoms with van der Waals surface area (Å²) in [5.41, 5.74) is 0. The second-order valence-electron chi connectivity index (χ2n) is 3.02. The zero-order chi connectivity index (χ0) is 9.78. The van der Waals surface area contributed by atoms with Gasteiger partial charge in [0.1, 0.15) is 6.29 Å². The normalized spacial score (nSPS) is 10.2. The number of carbonyl (C=O) groups is 1. The summed E-state index contributed by atoms with van der Waals surface area (Å²) in [5.74, 6) is 0. The van der Waals surface area contributed by atoms with Gasteiger partial charge in [-0.2, -0.15) is 0 Å². The Morgan fingerprint density at radius 2 is 2.00 bits per heavy atom. The lowest BCUT2D eigenvalue weighted by atomic mass is 10.3. The fourth-order valence-electron chi connectivity index (χ4n) is 0.934.